The third kappa shape index (κ3) is 4.23. The van der Waals surface area contributed by atoms with Crippen LogP contribution in [0.25, 0.3) is 6.08 Å². The van der Waals surface area contributed by atoms with Crippen LogP contribution in [0, 0.1) is 0 Å². The van der Waals surface area contributed by atoms with Crippen LogP contribution < -0.4 is 5.32 Å². The van der Waals surface area contributed by atoms with Crippen molar-refractivity contribution in [2.24, 2.45) is 0 Å². The second-order valence-electron chi connectivity index (χ2n) is 7.05. The molecule has 0 fully saturated rings. The predicted octanol–water partition coefficient (Wildman–Crippen LogP) is 4.77. The van der Waals surface area contributed by atoms with Gasteiger partial charge in [0.15, 0.2) is 0 Å². The van der Waals surface area contributed by atoms with Crippen molar-refractivity contribution in [2.45, 2.75) is 51.6 Å². The Morgan fingerprint density at radius 1 is 1.23 bits per heavy atom. The summed E-state index contributed by atoms with van der Waals surface area (Å²) < 4.78 is 0. The number of benzene rings is 2. The number of hydrogen-bond acceptors (Lipinski definition) is 2. The molecule has 0 heterocycles. The van der Waals surface area contributed by atoms with E-state index in [1.807, 2.05) is 31.2 Å². The summed E-state index contributed by atoms with van der Waals surface area (Å²) >= 11 is 0. The second kappa shape index (κ2) is 8.33. The first-order chi connectivity index (χ1) is 12.6. The smallest absolute Gasteiger partial charge is 0.331 e. The number of carbonyl (C=O) groups is 1. The standard InChI is InChI=1S/C23H27NO2/c1-3-17(23(25)26)14-19-10-7-11-20-15-21(12-13-22(19)20)24-16(2)18-8-5-4-6-9-18/h4-11,14,16,21,24H,3,12-13,15H2,1-2H3,(H,25,26)/b17-14+/t16-,21+/m1/s1. The van der Waals surface area contributed by atoms with Gasteiger partial charge in [-0.15, -0.1) is 0 Å². The fourth-order valence-corrected chi connectivity index (χ4v) is 3.81. The quantitative estimate of drug-likeness (QED) is 0.738. The topological polar surface area (TPSA) is 49.3 Å². The molecule has 0 amide bonds. The third-order valence-corrected chi connectivity index (χ3v) is 5.29. The second-order valence-corrected chi connectivity index (χ2v) is 7.05. The summed E-state index contributed by atoms with van der Waals surface area (Å²) in [6.07, 6.45) is 5.43. The van der Waals surface area contributed by atoms with Crippen molar-refractivity contribution in [3.8, 4) is 0 Å². The van der Waals surface area contributed by atoms with Crippen LogP contribution in [0.15, 0.2) is 54.1 Å². The molecule has 0 radical (unpaired) electrons. The van der Waals surface area contributed by atoms with Crippen LogP contribution in [0.1, 0.15) is 55.0 Å². The first-order valence-electron chi connectivity index (χ1n) is 9.44. The Morgan fingerprint density at radius 3 is 2.69 bits per heavy atom. The largest absolute Gasteiger partial charge is 0.478 e. The Kier molecular flexibility index (Phi) is 5.89. The minimum atomic E-state index is -0.822. The Balaban J connectivity index is 1.75. The van der Waals surface area contributed by atoms with Crippen LogP contribution in [0.2, 0.25) is 0 Å². The lowest BCUT2D eigenvalue weighted by Gasteiger charge is -2.29. The molecule has 3 nitrogen and oxygen atoms in total. The van der Waals surface area contributed by atoms with Crippen molar-refractivity contribution in [3.05, 3.63) is 76.4 Å². The van der Waals surface area contributed by atoms with Crippen LogP contribution in [0.3, 0.4) is 0 Å². The Morgan fingerprint density at radius 2 is 2.00 bits per heavy atom. The van der Waals surface area contributed by atoms with Gasteiger partial charge in [0, 0.05) is 17.7 Å². The van der Waals surface area contributed by atoms with E-state index in [4.69, 9.17) is 0 Å². The van der Waals surface area contributed by atoms with Gasteiger partial charge in [-0.1, -0.05) is 55.5 Å². The molecule has 0 bridgehead atoms. The van der Waals surface area contributed by atoms with E-state index in [9.17, 15) is 9.90 Å². The van der Waals surface area contributed by atoms with Crippen molar-refractivity contribution in [1.29, 1.82) is 0 Å². The Labute approximate surface area is 155 Å². The van der Waals surface area contributed by atoms with Crippen LogP contribution in [0.5, 0.6) is 0 Å². The van der Waals surface area contributed by atoms with Gasteiger partial charge in [0.1, 0.15) is 0 Å². The minimum absolute atomic E-state index is 0.324. The molecule has 136 valence electrons. The average Bonchev–Trinajstić information content (AvgIpc) is 2.66. The summed E-state index contributed by atoms with van der Waals surface area (Å²) in [5.41, 5.74) is 5.49. The van der Waals surface area contributed by atoms with E-state index in [-0.39, 0.29) is 0 Å². The van der Waals surface area contributed by atoms with Crippen LogP contribution in [-0.4, -0.2) is 17.1 Å². The highest BCUT2D eigenvalue weighted by atomic mass is 16.4. The lowest BCUT2D eigenvalue weighted by atomic mass is 9.84. The molecule has 3 rings (SSSR count). The molecule has 26 heavy (non-hydrogen) atoms. The molecule has 0 aliphatic heterocycles. The van der Waals surface area contributed by atoms with E-state index in [0.717, 1.165) is 24.8 Å². The van der Waals surface area contributed by atoms with Gasteiger partial charge in [0.25, 0.3) is 0 Å². The predicted molar refractivity (Wildman–Crippen MR) is 106 cm³/mol. The molecule has 1 aliphatic carbocycles. The average molecular weight is 349 g/mol. The molecule has 0 saturated carbocycles. The number of fused-ring (bicyclic) bond motifs is 1. The third-order valence-electron chi connectivity index (χ3n) is 5.29. The minimum Gasteiger partial charge on any atom is -0.478 e. The fourth-order valence-electron chi connectivity index (χ4n) is 3.81. The maximum Gasteiger partial charge on any atom is 0.331 e. The van der Waals surface area contributed by atoms with E-state index in [1.54, 1.807) is 0 Å². The van der Waals surface area contributed by atoms with Gasteiger partial charge in [-0.2, -0.15) is 0 Å². The molecule has 0 saturated heterocycles. The molecule has 0 spiro atoms. The Bertz CT molecular complexity index is 795. The molecule has 0 unspecified atom stereocenters. The maximum absolute atomic E-state index is 11.3. The summed E-state index contributed by atoms with van der Waals surface area (Å²) in [6, 6.07) is 17.6. The zero-order valence-electron chi connectivity index (χ0n) is 15.5. The normalized spacial score (nSPS) is 18.2. The number of nitrogens with one attached hydrogen (secondary N) is 1. The molecular formula is C23H27NO2. The van der Waals surface area contributed by atoms with Crippen molar-refractivity contribution < 1.29 is 9.90 Å². The molecule has 3 heteroatoms. The van der Waals surface area contributed by atoms with E-state index in [0.29, 0.717) is 24.1 Å². The number of rotatable bonds is 6. The summed E-state index contributed by atoms with van der Waals surface area (Å²) in [7, 11) is 0. The molecule has 2 N–H and O–H groups in total. The van der Waals surface area contributed by atoms with Gasteiger partial charge < -0.3 is 10.4 Å². The fraction of sp³-hybridized carbons (Fsp3) is 0.348. The first-order valence-corrected chi connectivity index (χ1v) is 9.44. The zero-order chi connectivity index (χ0) is 18.5. The number of carboxylic acids is 1. The Hall–Kier alpha value is -2.39. The summed E-state index contributed by atoms with van der Waals surface area (Å²) in [5, 5.41) is 13.1. The van der Waals surface area contributed by atoms with Gasteiger partial charge in [0.2, 0.25) is 0 Å². The van der Waals surface area contributed by atoms with E-state index in [2.05, 4.69) is 42.6 Å². The summed E-state index contributed by atoms with van der Waals surface area (Å²) in [5.74, 6) is -0.822. The van der Waals surface area contributed by atoms with Gasteiger partial charge in [-0.25, -0.2) is 4.79 Å². The van der Waals surface area contributed by atoms with Crippen molar-refractivity contribution in [1.82, 2.24) is 5.32 Å². The highest BCUT2D eigenvalue weighted by Gasteiger charge is 2.22. The molecule has 2 aromatic rings. The van der Waals surface area contributed by atoms with Gasteiger partial charge >= 0.3 is 5.97 Å². The SMILES string of the molecule is CC/C(=C\c1cccc2c1CC[C@H](N[C@H](C)c1ccccc1)C2)C(=O)O. The molecule has 1 aliphatic rings. The van der Waals surface area contributed by atoms with Crippen molar-refractivity contribution in [2.75, 3.05) is 0 Å². The lowest BCUT2D eigenvalue weighted by molar-refractivity contribution is -0.132. The van der Waals surface area contributed by atoms with E-state index >= 15 is 0 Å². The lowest BCUT2D eigenvalue weighted by Crippen LogP contribution is -2.36. The van der Waals surface area contributed by atoms with Crippen LogP contribution >= 0.6 is 0 Å². The van der Waals surface area contributed by atoms with Crippen molar-refractivity contribution in [3.63, 3.8) is 0 Å². The monoisotopic (exact) mass is 349 g/mol. The number of aliphatic carboxylic acids is 1. The van der Waals surface area contributed by atoms with Gasteiger partial charge in [-0.05, 0) is 60.9 Å². The molecule has 2 aromatic carbocycles. The highest BCUT2D eigenvalue weighted by Crippen LogP contribution is 2.28. The van der Waals surface area contributed by atoms with E-state index < -0.39 is 5.97 Å². The molecule has 0 aromatic heterocycles. The van der Waals surface area contributed by atoms with Gasteiger partial charge in [-0.3, -0.25) is 0 Å². The van der Waals surface area contributed by atoms with Crippen LogP contribution in [-0.2, 0) is 17.6 Å². The number of carboxylic acid groups (broad SMARTS) is 1. The number of hydrogen-bond donors (Lipinski definition) is 2. The summed E-state index contributed by atoms with van der Waals surface area (Å²) in [6.45, 7) is 4.10. The molecule has 2 atom stereocenters. The van der Waals surface area contributed by atoms with E-state index in [1.165, 1.54) is 16.7 Å². The summed E-state index contributed by atoms with van der Waals surface area (Å²) in [4.78, 5) is 11.3. The highest BCUT2D eigenvalue weighted by molar-refractivity contribution is 5.92. The molecular weight excluding hydrogens is 322 g/mol. The van der Waals surface area contributed by atoms with Crippen molar-refractivity contribution >= 4 is 12.0 Å². The maximum atomic E-state index is 11.3. The van der Waals surface area contributed by atoms with Crippen LogP contribution in [0.4, 0.5) is 0 Å². The van der Waals surface area contributed by atoms with Gasteiger partial charge in [0.05, 0.1) is 0 Å². The zero-order valence-corrected chi connectivity index (χ0v) is 15.5. The first kappa shape index (κ1) is 18.4.